The van der Waals surface area contributed by atoms with Gasteiger partial charge in [0.05, 0.1) is 11.6 Å². The number of carbonyl (C=O) groups excluding carboxylic acids is 2. The van der Waals surface area contributed by atoms with E-state index in [-0.39, 0.29) is 6.61 Å². The second-order valence-corrected chi connectivity index (χ2v) is 5.42. The highest BCUT2D eigenvalue weighted by atomic mass is 16.6. The van der Waals surface area contributed by atoms with E-state index in [1.54, 1.807) is 30.3 Å². The second-order valence-electron chi connectivity index (χ2n) is 5.42. The van der Waals surface area contributed by atoms with Gasteiger partial charge >= 0.3 is 5.97 Å². The molecule has 1 amide bonds. The average Bonchev–Trinajstić information content (AvgIpc) is 2.60. The first-order chi connectivity index (χ1) is 12.0. The highest BCUT2D eigenvalue weighted by Gasteiger charge is 2.18. The summed E-state index contributed by atoms with van der Waals surface area (Å²) in [7, 11) is 0. The highest BCUT2D eigenvalue weighted by molar-refractivity contribution is 5.95. The van der Waals surface area contributed by atoms with E-state index in [4.69, 9.17) is 14.7 Å². The lowest BCUT2D eigenvalue weighted by Crippen LogP contribution is -2.31. The fourth-order valence-corrected chi connectivity index (χ4v) is 2.02. The van der Waals surface area contributed by atoms with Crippen molar-refractivity contribution in [2.24, 2.45) is 0 Å². The fraction of sp³-hybridized carbons (Fsp3) is 0.211. The van der Waals surface area contributed by atoms with Crippen molar-refractivity contribution in [1.29, 1.82) is 5.26 Å². The van der Waals surface area contributed by atoms with Gasteiger partial charge in [0.2, 0.25) is 0 Å². The lowest BCUT2D eigenvalue weighted by molar-refractivity contribution is -0.155. The number of rotatable bonds is 6. The Balaban J connectivity index is 1.80. The predicted molar refractivity (Wildman–Crippen MR) is 92.0 cm³/mol. The van der Waals surface area contributed by atoms with Crippen LogP contribution in [-0.4, -0.2) is 24.6 Å². The Morgan fingerprint density at radius 1 is 1.20 bits per heavy atom. The molecule has 6 heteroatoms. The van der Waals surface area contributed by atoms with E-state index in [1.807, 2.05) is 31.2 Å². The molecule has 0 heterocycles. The third-order valence-electron chi connectivity index (χ3n) is 3.30. The van der Waals surface area contributed by atoms with Crippen LogP contribution < -0.4 is 10.1 Å². The minimum atomic E-state index is -0.947. The molecule has 0 saturated heterocycles. The van der Waals surface area contributed by atoms with E-state index in [2.05, 4.69) is 5.32 Å². The van der Waals surface area contributed by atoms with Crippen molar-refractivity contribution in [2.75, 3.05) is 11.9 Å². The van der Waals surface area contributed by atoms with Crippen LogP contribution in [0.15, 0.2) is 48.5 Å². The zero-order chi connectivity index (χ0) is 18.2. The van der Waals surface area contributed by atoms with Gasteiger partial charge in [0.25, 0.3) is 5.91 Å². The number of ether oxygens (including phenoxy) is 2. The van der Waals surface area contributed by atoms with E-state index in [1.165, 1.54) is 6.92 Å². The molecule has 0 aromatic heterocycles. The fourth-order valence-electron chi connectivity index (χ4n) is 2.02. The molecule has 0 spiro atoms. The number of hydrogen-bond donors (Lipinski definition) is 1. The number of nitriles is 1. The molecule has 0 aliphatic heterocycles. The Morgan fingerprint density at radius 2 is 1.92 bits per heavy atom. The predicted octanol–water partition coefficient (Wildman–Crippen LogP) is 2.82. The standard InChI is InChI=1S/C19H18N2O4/c1-13-4-3-5-16(10-13)21-19(23)14(2)25-18(22)12-24-17-8-6-15(11-20)7-9-17/h3-10,14H,12H2,1-2H3,(H,21,23)/t14-/m0/s1. The SMILES string of the molecule is Cc1cccc(NC(=O)[C@H](C)OC(=O)COc2ccc(C#N)cc2)c1. The molecule has 128 valence electrons. The van der Waals surface area contributed by atoms with Gasteiger partial charge < -0.3 is 14.8 Å². The molecular formula is C19H18N2O4. The number of carbonyl (C=O) groups is 2. The van der Waals surface area contributed by atoms with Gasteiger partial charge in [-0.2, -0.15) is 5.26 Å². The van der Waals surface area contributed by atoms with Crippen molar-refractivity contribution in [3.8, 4) is 11.8 Å². The average molecular weight is 338 g/mol. The van der Waals surface area contributed by atoms with Gasteiger partial charge in [-0.05, 0) is 55.8 Å². The van der Waals surface area contributed by atoms with Gasteiger partial charge in [0.1, 0.15) is 5.75 Å². The van der Waals surface area contributed by atoms with E-state index < -0.39 is 18.0 Å². The maximum atomic E-state index is 12.0. The maximum absolute atomic E-state index is 12.0. The molecule has 0 radical (unpaired) electrons. The van der Waals surface area contributed by atoms with Crippen molar-refractivity contribution in [2.45, 2.75) is 20.0 Å². The van der Waals surface area contributed by atoms with Crippen LogP contribution in [0.25, 0.3) is 0 Å². The molecule has 1 atom stereocenters. The lowest BCUT2D eigenvalue weighted by Gasteiger charge is -2.14. The number of nitrogens with zero attached hydrogens (tertiary/aromatic N) is 1. The van der Waals surface area contributed by atoms with Crippen LogP contribution in [0.5, 0.6) is 5.75 Å². The summed E-state index contributed by atoms with van der Waals surface area (Å²) in [5.74, 6) is -0.638. The third-order valence-corrected chi connectivity index (χ3v) is 3.30. The monoisotopic (exact) mass is 338 g/mol. The van der Waals surface area contributed by atoms with Crippen LogP contribution in [0.1, 0.15) is 18.1 Å². The van der Waals surface area contributed by atoms with Crippen molar-refractivity contribution in [3.05, 3.63) is 59.7 Å². The van der Waals surface area contributed by atoms with Crippen molar-refractivity contribution >= 4 is 17.6 Å². The Labute approximate surface area is 146 Å². The van der Waals surface area contributed by atoms with E-state index >= 15 is 0 Å². The van der Waals surface area contributed by atoms with Gasteiger partial charge in [-0.3, -0.25) is 4.79 Å². The molecule has 0 fully saturated rings. The molecule has 0 unspecified atom stereocenters. The summed E-state index contributed by atoms with van der Waals surface area (Å²) >= 11 is 0. The number of hydrogen-bond acceptors (Lipinski definition) is 5. The van der Waals surface area contributed by atoms with Gasteiger partial charge in [0.15, 0.2) is 12.7 Å². The zero-order valence-corrected chi connectivity index (χ0v) is 14.0. The Morgan fingerprint density at radius 3 is 2.56 bits per heavy atom. The van der Waals surface area contributed by atoms with Crippen LogP contribution in [-0.2, 0) is 14.3 Å². The number of esters is 1. The van der Waals surface area contributed by atoms with Crippen molar-refractivity contribution < 1.29 is 19.1 Å². The normalized spacial score (nSPS) is 11.1. The molecule has 0 bridgehead atoms. The summed E-state index contributed by atoms with van der Waals surface area (Å²) in [6.45, 7) is 3.08. The first-order valence-electron chi connectivity index (χ1n) is 7.68. The quantitative estimate of drug-likeness (QED) is 0.818. The molecule has 2 aromatic carbocycles. The summed E-state index contributed by atoms with van der Waals surface area (Å²) < 4.78 is 10.3. The second kappa shape index (κ2) is 8.50. The first kappa shape index (κ1) is 18.0. The number of amides is 1. The lowest BCUT2D eigenvalue weighted by atomic mass is 10.2. The van der Waals surface area contributed by atoms with Gasteiger partial charge in [0, 0.05) is 5.69 Å². The van der Waals surface area contributed by atoms with Crippen molar-refractivity contribution in [3.63, 3.8) is 0 Å². The van der Waals surface area contributed by atoms with Gasteiger partial charge in [-0.1, -0.05) is 12.1 Å². The number of benzene rings is 2. The molecule has 25 heavy (non-hydrogen) atoms. The van der Waals surface area contributed by atoms with E-state index in [9.17, 15) is 9.59 Å². The Hall–Kier alpha value is -3.33. The van der Waals surface area contributed by atoms with Crippen LogP contribution in [0.3, 0.4) is 0 Å². The number of aryl methyl sites for hydroxylation is 1. The molecule has 6 nitrogen and oxygen atoms in total. The minimum absolute atomic E-state index is 0.325. The van der Waals surface area contributed by atoms with Gasteiger partial charge in [-0.25, -0.2) is 4.79 Å². The molecule has 2 aromatic rings. The molecule has 0 saturated carbocycles. The van der Waals surface area contributed by atoms with Gasteiger partial charge in [-0.15, -0.1) is 0 Å². The largest absolute Gasteiger partial charge is 0.482 e. The maximum Gasteiger partial charge on any atom is 0.344 e. The minimum Gasteiger partial charge on any atom is -0.482 e. The highest BCUT2D eigenvalue weighted by Crippen LogP contribution is 2.12. The summed E-state index contributed by atoms with van der Waals surface area (Å²) in [6, 6.07) is 15.6. The smallest absolute Gasteiger partial charge is 0.344 e. The summed E-state index contributed by atoms with van der Waals surface area (Å²) in [4.78, 5) is 23.8. The third kappa shape index (κ3) is 5.66. The Kier molecular flexibility index (Phi) is 6.13. The molecule has 1 N–H and O–H groups in total. The van der Waals surface area contributed by atoms with E-state index in [0.29, 0.717) is 17.0 Å². The summed E-state index contributed by atoms with van der Waals surface area (Å²) in [5.41, 5.74) is 2.15. The summed E-state index contributed by atoms with van der Waals surface area (Å²) in [5, 5.41) is 11.4. The van der Waals surface area contributed by atoms with Crippen LogP contribution >= 0.6 is 0 Å². The van der Waals surface area contributed by atoms with Crippen LogP contribution in [0, 0.1) is 18.3 Å². The van der Waals surface area contributed by atoms with Crippen molar-refractivity contribution in [1.82, 2.24) is 0 Å². The Bertz CT molecular complexity index is 794. The van der Waals surface area contributed by atoms with Crippen LogP contribution in [0.2, 0.25) is 0 Å². The van der Waals surface area contributed by atoms with E-state index in [0.717, 1.165) is 5.56 Å². The zero-order valence-electron chi connectivity index (χ0n) is 14.0. The molecule has 2 rings (SSSR count). The molecule has 0 aliphatic carbocycles. The first-order valence-corrected chi connectivity index (χ1v) is 7.68. The molecular weight excluding hydrogens is 320 g/mol. The summed E-state index contributed by atoms with van der Waals surface area (Å²) in [6.07, 6.45) is -0.947. The number of nitrogens with one attached hydrogen (secondary N) is 1. The van der Waals surface area contributed by atoms with Crippen LogP contribution in [0.4, 0.5) is 5.69 Å². The topological polar surface area (TPSA) is 88.4 Å². The molecule has 0 aliphatic rings. The number of anilines is 1.